The highest BCUT2D eigenvalue weighted by atomic mass is 79.9. The van der Waals surface area contributed by atoms with E-state index in [4.69, 9.17) is 4.74 Å². The van der Waals surface area contributed by atoms with Crippen LogP contribution in [-0.4, -0.2) is 19.1 Å². The molecule has 3 nitrogen and oxygen atoms in total. The number of hydrogen-bond acceptors (Lipinski definition) is 2. The molecule has 0 aromatic heterocycles. The fourth-order valence-electron chi connectivity index (χ4n) is 1.97. The van der Waals surface area contributed by atoms with E-state index in [1.54, 1.807) is 7.11 Å². The van der Waals surface area contributed by atoms with Crippen molar-refractivity contribution in [2.45, 2.75) is 25.9 Å². The molecule has 0 aliphatic rings. The number of halogens is 1. The van der Waals surface area contributed by atoms with Gasteiger partial charge in [-0.3, -0.25) is 4.79 Å². The van der Waals surface area contributed by atoms with Crippen LogP contribution in [0.2, 0.25) is 0 Å². The number of rotatable bonds is 5. The van der Waals surface area contributed by atoms with Crippen LogP contribution in [0.3, 0.4) is 0 Å². The maximum Gasteiger partial charge on any atom is 0.224 e. The van der Waals surface area contributed by atoms with Gasteiger partial charge in [-0.2, -0.15) is 0 Å². The maximum absolute atomic E-state index is 11.8. The summed E-state index contributed by atoms with van der Waals surface area (Å²) in [5, 5.41) is 5.17. The summed E-state index contributed by atoms with van der Waals surface area (Å²) in [6, 6.07) is 12.0. The zero-order chi connectivity index (χ0) is 14.5. The predicted molar refractivity (Wildman–Crippen MR) is 86.0 cm³/mol. The molecular formula is C16H18BrNO2. The third kappa shape index (κ3) is 4.05. The van der Waals surface area contributed by atoms with Crippen LogP contribution in [0.4, 0.5) is 5.69 Å². The Kier molecular flexibility index (Phi) is 5.15. The summed E-state index contributed by atoms with van der Waals surface area (Å²) in [5.74, 6) is 0.0189. The maximum atomic E-state index is 11.8. The first-order valence-corrected chi connectivity index (χ1v) is 7.40. The van der Waals surface area contributed by atoms with Gasteiger partial charge in [-0.05, 0) is 48.4 Å². The summed E-state index contributed by atoms with van der Waals surface area (Å²) in [6.07, 6.45) is 1.30. The monoisotopic (exact) mass is 335 g/mol. The zero-order valence-electron chi connectivity index (χ0n) is 11.7. The lowest BCUT2D eigenvalue weighted by molar-refractivity contribution is -0.116. The van der Waals surface area contributed by atoms with E-state index in [1.807, 2.05) is 37.3 Å². The summed E-state index contributed by atoms with van der Waals surface area (Å²) in [6.45, 7) is 1.96. The molecule has 1 unspecified atom stereocenters. The van der Waals surface area contributed by atoms with Crippen LogP contribution in [0.15, 0.2) is 40.9 Å². The van der Waals surface area contributed by atoms with Gasteiger partial charge in [0, 0.05) is 23.7 Å². The SMILES string of the molecule is COC(C)CCC(=O)Nc1ccc2cc(Br)ccc2c1. The Morgan fingerprint density at radius 3 is 2.70 bits per heavy atom. The highest BCUT2D eigenvalue weighted by Gasteiger charge is 2.06. The number of hydrogen-bond donors (Lipinski definition) is 1. The fourth-order valence-corrected chi connectivity index (χ4v) is 2.35. The number of anilines is 1. The minimum atomic E-state index is 0.0189. The number of carbonyl (C=O) groups is 1. The summed E-state index contributed by atoms with van der Waals surface area (Å²) in [7, 11) is 1.66. The summed E-state index contributed by atoms with van der Waals surface area (Å²) in [4.78, 5) is 11.8. The number of carbonyl (C=O) groups excluding carboxylic acids is 1. The first-order chi connectivity index (χ1) is 9.58. The van der Waals surface area contributed by atoms with Crippen LogP contribution in [0.25, 0.3) is 10.8 Å². The third-order valence-electron chi connectivity index (χ3n) is 3.27. The van der Waals surface area contributed by atoms with Crippen molar-refractivity contribution in [2.24, 2.45) is 0 Å². The first-order valence-electron chi connectivity index (χ1n) is 6.60. The van der Waals surface area contributed by atoms with E-state index in [2.05, 4.69) is 27.3 Å². The van der Waals surface area contributed by atoms with E-state index < -0.39 is 0 Å². The molecule has 106 valence electrons. The molecule has 0 fully saturated rings. The standard InChI is InChI=1S/C16H18BrNO2/c1-11(20-2)3-8-16(19)18-15-7-5-12-9-14(17)6-4-13(12)10-15/h4-7,9-11H,3,8H2,1-2H3,(H,18,19). The number of fused-ring (bicyclic) bond motifs is 1. The van der Waals surface area contributed by atoms with Crippen molar-refractivity contribution in [1.29, 1.82) is 0 Å². The minimum absolute atomic E-state index is 0.0189. The van der Waals surface area contributed by atoms with Gasteiger partial charge in [0.2, 0.25) is 5.91 Å². The number of methoxy groups -OCH3 is 1. The zero-order valence-corrected chi connectivity index (χ0v) is 13.2. The van der Waals surface area contributed by atoms with E-state index >= 15 is 0 Å². The second kappa shape index (κ2) is 6.86. The topological polar surface area (TPSA) is 38.3 Å². The predicted octanol–water partition coefficient (Wildman–Crippen LogP) is 4.36. The Bertz CT molecular complexity index is 612. The van der Waals surface area contributed by atoms with Gasteiger partial charge in [-0.25, -0.2) is 0 Å². The van der Waals surface area contributed by atoms with Gasteiger partial charge in [0.15, 0.2) is 0 Å². The molecule has 4 heteroatoms. The Hall–Kier alpha value is -1.39. The van der Waals surface area contributed by atoms with Gasteiger partial charge in [0.1, 0.15) is 0 Å². The molecule has 0 bridgehead atoms. The number of nitrogens with one attached hydrogen (secondary N) is 1. The Morgan fingerprint density at radius 2 is 1.95 bits per heavy atom. The smallest absolute Gasteiger partial charge is 0.224 e. The first kappa shape index (κ1) is 15.0. The van der Waals surface area contributed by atoms with Crippen LogP contribution in [0.5, 0.6) is 0 Å². The van der Waals surface area contributed by atoms with Crippen molar-refractivity contribution in [3.05, 3.63) is 40.9 Å². The highest BCUT2D eigenvalue weighted by Crippen LogP contribution is 2.23. The van der Waals surface area contributed by atoms with Crippen molar-refractivity contribution >= 4 is 38.3 Å². The van der Waals surface area contributed by atoms with Crippen molar-refractivity contribution < 1.29 is 9.53 Å². The number of benzene rings is 2. The van der Waals surface area contributed by atoms with E-state index in [0.717, 1.165) is 27.4 Å². The van der Waals surface area contributed by atoms with E-state index in [-0.39, 0.29) is 12.0 Å². The van der Waals surface area contributed by atoms with Crippen LogP contribution in [0, 0.1) is 0 Å². The Labute approximate surface area is 127 Å². The lowest BCUT2D eigenvalue weighted by atomic mass is 10.1. The van der Waals surface area contributed by atoms with Gasteiger partial charge in [0.05, 0.1) is 6.10 Å². The van der Waals surface area contributed by atoms with Crippen molar-refractivity contribution in [3.63, 3.8) is 0 Å². The summed E-state index contributed by atoms with van der Waals surface area (Å²) >= 11 is 3.45. The third-order valence-corrected chi connectivity index (χ3v) is 3.76. The Morgan fingerprint density at radius 1 is 1.25 bits per heavy atom. The van der Waals surface area contributed by atoms with Crippen molar-refractivity contribution in [3.8, 4) is 0 Å². The van der Waals surface area contributed by atoms with Crippen LogP contribution in [-0.2, 0) is 9.53 Å². The lowest BCUT2D eigenvalue weighted by Crippen LogP contribution is -2.15. The average molecular weight is 336 g/mol. The molecule has 2 rings (SSSR count). The number of amides is 1. The molecule has 1 amide bonds. The molecule has 2 aromatic rings. The van der Waals surface area contributed by atoms with Gasteiger partial charge >= 0.3 is 0 Å². The normalized spacial score (nSPS) is 12.3. The molecule has 0 saturated heterocycles. The average Bonchev–Trinajstić information content (AvgIpc) is 2.45. The molecule has 0 aliphatic heterocycles. The van der Waals surface area contributed by atoms with Crippen molar-refractivity contribution in [1.82, 2.24) is 0 Å². The summed E-state index contributed by atoms with van der Waals surface area (Å²) < 4.78 is 6.19. The highest BCUT2D eigenvalue weighted by molar-refractivity contribution is 9.10. The second-order valence-electron chi connectivity index (χ2n) is 4.84. The molecule has 0 spiro atoms. The van der Waals surface area contributed by atoms with Crippen LogP contribution in [0.1, 0.15) is 19.8 Å². The van der Waals surface area contributed by atoms with E-state index in [9.17, 15) is 4.79 Å². The molecule has 1 N–H and O–H groups in total. The van der Waals surface area contributed by atoms with Crippen LogP contribution >= 0.6 is 15.9 Å². The Balaban J connectivity index is 2.02. The van der Waals surface area contributed by atoms with Gasteiger partial charge in [-0.1, -0.05) is 28.1 Å². The summed E-state index contributed by atoms with van der Waals surface area (Å²) in [5.41, 5.74) is 0.829. The number of ether oxygens (including phenoxy) is 1. The fraction of sp³-hybridized carbons (Fsp3) is 0.312. The molecule has 2 aromatic carbocycles. The second-order valence-corrected chi connectivity index (χ2v) is 5.76. The molecule has 1 atom stereocenters. The van der Waals surface area contributed by atoms with Gasteiger partial charge in [-0.15, -0.1) is 0 Å². The largest absolute Gasteiger partial charge is 0.382 e. The quantitative estimate of drug-likeness (QED) is 0.881. The van der Waals surface area contributed by atoms with Gasteiger partial charge < -0.3 is 10.1 Å². The molecule has 0 heterocycles. The van der Waals surface area contributed by atoms with Crippen LogP contribution < -0.4 is 5.32 Å². The van der Waals surface area contributed by atoms with E-state index in [1.165, 1.54) is 0 Å². The minimum Gasteiger partial charge on any atom is -0.382 e. The molecule has 20 heavy (non-hydrogen) atoms. The lowest BCUT2D eigenvalue weighted by Gasteiger charge is -2.10. The molecule has 0 saturated carbocycles. The molecule has 0 aliphatic carbocycles. The van der Waals surface area contributed by atoms with E-state index in [0.29, 0.717) is 6.42 Å². The molecule has 0 radical (unpaired) electrons. The van der Waals surface area contributed by atoms with Crippen molar-refractivity contribution in [2.75, 3.05) is 12.4 Å². The molecular weight excluding hydrogens is 318 g/mol. The van der Waals surface area contributed by atoms with Gasteiger partial charge in [0.25, 0.3) is 0 Å².